The third-order valence-electron chi connectivity index (χ3n) is 2.31. The van der Waals surface area contributed by atoms with E-state index in [9.17, 15) is 9.70 Å². The summed E-state index contributed by atoms with van der Waals surface area (Å²) in [5.41, 5.74) is 3.85. The Labute approximate surface area is 123 Å². The molecule has 0 saturated heterocycles. The molecule has 0 radical (unpaired) electrons. The quantitative estimate of drug-likeness (QED) is 0.505. The van der Waals surface area contributed by atoms with E-state index in [4.69, 9.17) is 4.84 Å². The molecule has 0 fully saturated rings. The summed E-state index contributed by atoms with van der Waals surface area (Å²) in [5.74, 6) is -0.478. The number of anilines is 1. The van der Waals surface area contributed by atoms with Gasteiger partial charge >= 0.3 is 5.97 Å². The number of nitrogens with zero attached hydrogens (tertiary/aromatic N) is 1. The molecule has 0 aromatic heterocycles. The van der Waals surface area contributed by atoms with Crippen LogP contribution in [-0.4, -0.2) is 5.97 Å². The van der Waals surface area contributed by atoms with Crippen molar-refractivity contribution in [2.45, 2.75) is 0 Å². The monoisotopic (exact) mass is 368 g/mol. The van der Waals surface area contributed by atoms with Gasteiger partial charge in [-0.2, -0.15) is 0 Å². The van der Waals surface area contributed by atoms with E-state index in [0.29, 0.717) is 16.9 Å². The van der Waals surface area contributed by atoms with Crippen LogP contribution >= 0.6 is 22.6 Å². The fourth-order valence-corrected chi connectivity index (χ4v) is 1.70. The van der Waals surface area contributed by atoms with Crippen LogP contribution in [0.15, 0.2) is 53.7 Å². The zero-order chi connectivity index (χ0) is 13.7. The van der Waals surface area contributed by atoms with E-state index in [1.165, 1.54) is 12.1 Å². The minimum Gasteiger partial charge on any atom is -0.338 e. The first-order valence-electron chi connectivity index (χ1n) is 5.35. The van der Waals surface area contributed by atoms with Crippen LogP contribution in [0.1, 0.15) is 10.4 Å². The fraction of sp³-hybridized carbons (Fsp3) is 0. The largest absolute Gasteiger partial charge is 0.362 e. The van der Waals surface area contributed by atoms with E-state index in [0.717, 1.165) is 3.57 Å². The molecule has 1 N–H and O–H groups in total. The Morgan fingerprint density at radius 1 is 1.05 bits per heavy atom. The summed E-state index contributed by atoms with van der Waals surface area (Å²) in [6.45, 7) is 0. The second kappa shape index (κ2) is 6.28. The molecule has 5 nitrogen and oxygen atoms in total. The van der Waals surface area contributed by atoms with Crippen molar-refractivity contribution in [3.8, 4) is 0 Å². The number of halogens is 1. The Hall–Kier alpha value is -1.96. The van der Waals surface area contributed by atoms with Crippen LogP contribution in [-0.2, 0) is 4.84 Å². The number of rotatable bonds is 4. The predicted octanol–water partition coefficient (Wildman–Crippen LogP) is 3.87. The van der Waals surface area contributed by atoms with Gasteiger partial charge in [0.05, 0.1) is 11.3 Å². The maximum Gasteiger partial charge on any atom is 0.362 e. The number of nitroso groups, excluding NO2 is 1. The maximum atomic E-state index is 11.7. The van der Waals surface area contributed by atoms with Gasteiger partial charge < -0.3 is 4.84 Å². The van der Waals surface area contributed by atoms with Crippen LogP contribution in [0.3, 0.4) is 0 Å². The molecular formula is C13H9IN2O3. The summed E-state index contributed by atoms with van der Waals surface area (Å²) in [6, 6.07) is 13.2. The summed E-state index contributed by atoms with van der Waals surface area (Å²) in [4.78, 5) is 26.9. The number of hydrogen-bond donors (Lipinski definition) is 1. The standard InChI is InChI=1S/C13H9IN2O3/c14-10-3-1-9(2-4-10)13(17)19-16-12-7-5-11(15-18)6-8-12/h1-8,16H. The molecule has 2 aromatic carbocycles. The summed E-state index contributed by atoms with van der Waals surface area (Å²) in [7, 11) is 0. The molecule has 0 heterocycles. The van der Waals surface area contributed by atoms with Crippen molar-refractivity contribution in [1.29, 1.82) is 0 Å². The SMILES string of the molecule is O=Nc1ccc(NOC(=O)c2ccc(I)cc2)cc1. The molecule has 6 heteroatoms. The van der Waals surface area contributed by atoms with Crippen LogP contribution < -0.4 is 5.48 Å². The van der Waals surface area contributed by atoms with Crippen LogP contribution in [0.5, 0.6) is 0 Å². The van der Waals surface area contributed by atoms with Gasteiger partial charge in [0, 0.05) is 3.57 Å². The van der Waals surface area contributed by atoms with E-state index in [1.807, 2.05) is 12.1 Å². The van der Waals surface area contributed by atoms with Crippen LogP contribution in [0.4, 0.5) is 11.4 Å². The van der Waals surface area contributed by atoms with Gasteiger partial charge in [0.15, 0.2) is 0 Å². The normalized spacial score (nSPS) is 9.74. The fourth-order valence-electron chi connectivity index (χ4n) is 1.34. The number of nitrogens with one attached hydrogen (secondary N) is 1. The van der Waals surface area contributed by atoms with Gasteiger partial charge in [-0.1, -0.05) is 0 Å². The highest BCUT2D eigenvalue weighted by Crippen LogP contribution is 2.16. The highest BCUT2D eigenvalue weighted by molar-refractivity contribution is 14.1. The lowest BCUT2D eigenvalue weighted by atomic mass is 10.2. The van der Waals surface area contributed by atoms with Gasteiger partial charge in [-0.15, -0.1) is 4.91 Å². The molecule has 0 saturated carbocycles. The molecule has 2 aromatic rings. The van der Waals surface area contributed by atoms with Gasteiger partial charge in [0.1, 0.15) is 5.69 Å². The number of carbonyl (C=O) groups is 1. The first-order chi connectivity index (χ1) is 9.19. The van der Waals surface area contributed by atoms with Crippen molar-refractivity contribution in [3.63, 3.8) is 0 Å². The average Bonchev–Trinajstić information content (AvgIpc) is 2.46. The molecule has 0 amide bonds. The average molecular weight is 368 g/mol. The molecule has 0 spiro atoms. The van der Waals surface area contributed by atoms with E-state index in [-0.39, 0.29) is 0 Å². The zero-order valence-electron chi connectivity index (χ0n) is 9.67. The zero-order valence-corrected chi connectivity index (χ0v) is 11.8. The third-order valence-corrected chi connectivity index (χ3v) is 3.03. The van der Waals surface area contributed by atoms with E-state index in [1.54, 1.807) is 24.3 Å². The smallest absolute Gasteiger partial charge is 0.338 e. The van der Waals surface area contributed by atoms with Gasteiger partial charge in [0.2, 0.25) is 0 Å². The van der Waals surface area contributed by atoms with Crippen molar-refractivity contribution in [2.24, 2.45) is 5.18 Å². The lowest BCUT2D eigenvalue weighted by Crippen LogP contribution is -2.10. The van der Waals surface area contributed by atoms with Crippen molar-refractivity contribution in [3.05, 3.63) is 62.6 Å². The lowest BCUT2D eigenvalue weighted by molar-refractivity contribution is 0.0596. The van der Waals surface area contributed by atoms with Crippen molar-refractivity contribution >= 4 is 39.9 Å². The Balaban J connectivity index is 1.96. The van der Waals surface area contributed by atoms with E-state index >= 15 is 0 Å². The van der Waals surface area contributed by atoms with Crippen molar-refractivity contribution < 1.29 is 9.63 Å². The highest BCUT2D eigenvalue weighted by atomic mass is 127. The molecular weight excluding hydrogens is 359 g/mol. The summed E-state index contributed by atoms with van der Waals surface area (Å²) in [5, 5.41) is 2.78. The Morgan fingerprint density at radius 3 is 2.26 bits per heavy atom. The first-order valence-corrected chi connectivity index (χ1v) is 6.43. The highest BCUT2D eigenvalue weighted by Gasteiger charge is 2.07. The molecule has 0 unspecified atom stereocenters. The van der Waals surface area contributed by atoms with Gasteiger partial charge in [-0.25, -0.2) is 10.3 Å². The number of hydrogen-bond acceptors (Lipinski definition) is 5. The molecule has 96 valence electrons. The number of carbonyl (C=O) groups excluding carboxylic acids is 1. The second-order valence-electron chi connectivity index (χ2n) is 3.64. The van der Waals surface area contributed by atoms with Crippen molar-refractivity contribution in [1.82, 2.24) is 0 Å². The minimum atomic E-state index is -0.478. The first kappa shape index (κ1) is 13.5. The number of benzene rings is 2. The topological polar surface area (TPSA) is 67.8 Å². The molecule has 0 aliphatic carbocycles. The third kappa shape index (κ3) is 3.75. The summed E-state index contributed by atoms with van der Waals surface area (Å²) >= 11 is 2.16. The molecule has 0 bridgehead atoms. The van der Waals surface area contributed by atoms with Gasteiger partial charge in [0.25, 0.3) is 0 Å². The van der Waals surface area contributed by atoms with Crippen LogP contribution in [0.25, 0.3) is 0 Å². The summed E-state index contributed by atoms with van der Waals surface area (Å²) in [6.07, 6.45) is 0. The predicted molar refractivity (Wildman–Crippen MR) is 80.1 cm³/mol. The lowest BCUT2D eigenvalue weighted by Gasteiger charge is -2.06. The van der Waals surface area contributed by atoms with E-state index < -0.39 is 5.97 Å². The Bertz CT molecular complexity index is 582. The van der Waals surface area contributed by atoms with Crippen LogP contribution in [0.2, 0.25) is 0 Å². The van der Waals surface area contributed by atoms with E-state index in [2.05, 4.69) is 33.2 Å². The molecule has 2 rings (SSSR count). The molecule has 0 aliphatic heterocycles. The molecule has 0 aliphatic rings. The van der Waals surface area contributed by atoms with Crippen LogP contribution in [0, 0.1) is 8.48 Å². The Kier molecular flexibility index (Phi) is 4.45. The minimum absolute atomic E-state index is 0.314. The molecule has 0 atom stereocenters. The summed E-state index contributed by atoms with van der Waals surface area (Å²) < 4.78 is 1.04. The maximum absolute atomic E-state index is 11.7. The Morgan fingerprint density at radius 2 is 1.68 bits per heavy atom. The van der Waals surface area contributed by atoms with Crippen molar-refractivity contribution in [2.75, 3.05) is 5.48 Å². The second-order valence-corrected chi connectivity index (χ2v) is 4.88. The van der Waals surface area contributed by atoms with Gasteiger partial charge in [-0.05, 0) is 76.3 Å². The molecule has 19 heavy (non-hydrogen) atoms. The van der Waals surface area contributed by atoms with Gasteiger partial charge in [-0.3, -0.25) is 0 Å².